The van der Waals surface area contributed by atoms with Crippen molar-refractivity contribution in [2.75, 3.05) is 0 Å². The lowest BCUT2D eigenvalue weighted by Crippen LogP contribution is -1.83. The van der Waals surface area contributed by atoms with Crippen molar-refractivity contribution in [3.63, 3.8) is 0 Å². The van der Waals surface area contributed by atoms with Gasteiger partial charge in [-0.3, -0.25) is 0 Å². The minimum Gasteiger partial charge on any atom is -0.388 e. The summed E-state index contributed by atoms with van der Waals surface area (Å²) < 4.78 is 0. The zero-order chi connectivity index (χ0) is 11.7. The second-order valence-electron chi connectivity index (χ2n) is 3.37. The lowest BCUT2D eigenvalue weighted by molar-refractivity contribution is 0.203. The molecule has 1 aromatic heterocycles. The molecule has 0 saturated carbocycles. The summed E-state index contributed by atoms with van der Waals surface area (Å²) in [7, 11) is 0. The maximum absolute atomic E-state index is 9.41. The first-order valence-corrected chi connectivity index (χ1v) is 6.24. The zero-order valence-electron chi connectivity index (χ0n) is 8.45. The molecule has 5 heteroatoms. The Bertz CT molecular complexity index is 510. The number of thiazole rings is 1. The summed E-state index contributed by atoms with van der Waals surface area (Å²) in [5, 5.41) is 11.3. The van der Waals surface area contributed by atoms with Crippen LogP contribution in [0.25, 0.3) is 10.6 Å². The molecule has 16 heavy (non-hydrogen) atoms. The molecule has 1 heterocycles. The molecule has 1 N–H and O–H groups in total. The van der Waals surface area contributed by atoms with Gasteiger partial charge in [0.15, 0.2) is 0 Å². The molecule has 84 valence electrons. The van der Waals surface area contributed by atoms with Gasteiger partial charge >= 0.3 is 0 Å². The van der Waals surface area contributed by atoms with Crippen molar-refractivity contribution in [1.29, 1.82) is 0 Å². The number of benzene rings is 1. The Hall–Kier alpha value is -0.610. The first-order valence-electron chi connectivity index (χ1n) is 4.67. The van der Waals surface area contributed by atoms with Gasteiger partial charge in [-0.1, -0.05) is 29.3 Å². The Morgan fingerprint density at radius 1 is 1.31 bits per heavy atom. The minimum absolute atomic E-state index is 0.492. The van der Waals surface area contributed by atoms with Crippen molar-refractivity contribution < 1.29 is 5.11 Å². The van der Waals surface area contributed by atoms with Crippen molar-refractivity contribution >= 4 is 34.5 Å². The van der Waals surface area contributed by atoms with Crippen molar-refractivity contribution in [3.05, 3.63) is 39.3 Å². The minimum atomic E-state index is -0.492. The fourth-order valence-corrected chi connectivity index (χ4v) is 2.39. The van der Waals surface area contributed by atoms with Crippen LogP contribution >= 0.6 is 34.5 Å². The molecule has 1 unspecified atom stereocenters. The van der Waals surface area contributed by atoms with Gasteiger partial charge in [-0.25, -0.2) is 4.98 Å². The lowest BCUT2D eigenvalue weighted by atomic mass is 10.2. The van der Waals surface area contributed by atoms with Crippen LogP contribution in [-0.4, -0.2) is 10.1 Å². The van der Waals surface area contributed by atoms with Crippen LogP contribution in [0.3, 0.4) is 0 Å². The molecule has 0 aliphatic carbocycles. The summed E-state index contributed by atoms with van der Waals surface area (Å²) in [5.41, 5.74) is 0.909. The third-order valence-electron chi connectivity index (χ3n) is 2.10. The molecular formula is C11H9Cl2NOS. The zero-order valence-corrected chi connectivity index (χ0v) is 10.8. The number of halogens is 2. The molecule has 0 bridgehead atoms. The van der Waals surface area contributed by atoms with E-state index in [-0.39, 0.29) is 0 Å². The predicted molar refractivity (Wildman–Crippen MR) is 68.2 cm³/mol. The highest BCUT2D eigenvalue weighted by molar-refractivity contribution is 7.15. The molecule has 0 aliphatic rings. The fraction of sp³-hybridized carbons (Fsp3) is 0.182. The van der Waals surface area contributed by atoms with Gasteiger partial charge < -0.3 is 5.11 Å². The van der Waals surface area contributed by atoms with E-state index >= 15 is 0 Å². The maximum Gasteiger partial charge on any atom is 0.123 e. The van der Waals surface area contributed by atoms with Crippen LogP contribution in [0.5, 0.6) is 0 Å². The molecule has 1 aromatic carbocycles. The van der Waals surface area contributed by atoms with Crippen LogP contribution in [0.4, 0.5) is 0 Å². The molecular weight excluding hydrogens is 265 g/mol. The van der Waals surface area contributed by atoms with E-state index < -0.39 is 6.10 Å². The van der Waals surface area contributed by atoms with Gasteiger partial charge in [-0.2, -0.15) is 0 Å². The van der Waals surface area contributed by atoms with E-state index in [1.165, 1.54) is 11.3 Å². The van der Waals surface area contributed by atoms with Crippen LogP contribution in [-0.2, 0) is 0 Å². The van der Waals surface area contributed by atoms with Crippen molar-refractivity contribution in [3.8, 4) is 10.6 Å². The third-order valence-corrected chi connectivity index (χ3v) is 4.06. The van der Waals surface area contributed by atoms with E-state index in [9.17, 15) is 5.11 Å². The first kappa shape index (κ1) is 11.9. The van der Waals surface area contributed by atoms with Crippen LogP contribution in [0.1, 0.15) is 17.9 Å². The monoisotopic (exact) mass is 273 g/mol. The van der Waals surface area contributed by atoms with Crippen LogP contribution < -0.4 is 0 Å². The molecule has 0 spiro atoms. The van der Waals surface area contributed by atoms with E-state index in [2.05, 4.69) is 4.98 Å². The Morgan fingerprint density at radius 3 is 2.62 bits per heavy atom. The van der Waals surface area contributed by atoms with Gasteiger partial charge in [-0.05, 0) is 19.1 Å². The summed E-state index contributed by atoms with van der Waals surface area (Å²) in [6.07, 6.45) is 1.18. The summed E-state index contributed by atoms with van der Waals surface area (Å²) in [6, 6.07) is 5.37. The third kappa shape index (κ3) is 2.38. The molecule has 0 amide bonds. The highest BCUT2D eigenvalue weighted by Gasteiger charge is 2.09. The summed E-state index contributed by atoms with van der Waals surface area (Å²) >= 11 is 13.2. The highest BCUT2D eigenvalue weighted by Crippen LogP contribution is 2.32. The summed E-state index contributed by atoms with van der Waals surface area (Å²) in [4.78, 5) is 5.07. The second-order valence-corrected chi connectivity index (χ2v) is 5.25. The quantitative estimate of drug-likeness (QED) is 0.891. The Morgan fingerprint density at radius 2 is 2.06 bits per heavy atom. The number of aliphatic hydroxyl groups is 1. The van der Waals surface area contributed by atoms with Gasteiger partial charge in [0.25, 0.3) is 0 Å². The van der Waals surface area contributed by atoms with E-state index in [4.69, 9.17) is 23.2 Å². The first-order chi connectivity index (χ1) is 7.58. The van der Waals surface area contributed by atoms with E-state index in [0.29, 0.717) is 10.0 Å². The molecule has 0 fully saturated rings. The van der Waals surface area contributed by atoms with Gasteiger partial charge in [0.2, 0.25) is 0 Å². The standard InChI is InChI=1S/C11H9Cl2NOS/c1-6(15)10-5-14-11(16-10)7-2-3-8(12)9(13)4-7/h2-6,15H,1H3. The number of aliphatic hydroxyl groups excluding tert-OH is 1. The molecule has 0 radical (unpaired) electrons. The van der Waals surface area contributed by atoms with Gasteiger partial charge in [0.1, 0.15) is 5.01 Å². The Kier molecular flexibility index (Phi) is 3.50. The van der Waals surface area contributed by atoms with E-state index in [0.717, 1.165) is 15.4 Å². The molecule has 2 nitrogen and oxygen atoms in total. The topological polar surface area (TPSA) is 33.1 Å². The van der Waals surface area contributed by atoms with Crippen LogP contribution in [0, 0.1) is 0 Å². The average molecular weight is 274 g/mol. The molecule has 2 rings (SSSR count). The number of aromatic nitrogens is 1. The number of hydrogen-bond acceptors (Lipinski definition) is 3. The average Bonchev–Trinajstić information content (AvgIpc) is 2.71. The van der Waals surface area contributed by atoms with Gasteiger partial charge in [0, 0.05) is 11.8 Å². The lowest BCUT2D eigenvalue weighted by Gasteiger charge is -1.99. The smallest absolute Gasteiger partial charge is 0.123 e. The van der Waals surface area contributed by atoms with Gasteiger partial charge in [-0.15, -0.1) is 11.3 Å². The Labute approximate surface area is 107 Å². The largest absolute Gasteiger partial charge is 0.388 e. The van der Waals surface area contributed by atoms with Crippen molar-refractivity contribution in [1.82, 2.24) is 4.98 Å². The summed E-state index contributed by atoms with van der Waals surface area (Å²) in [6.45, 7) is 1.71. The number of rotatable bonds is 2. The second kappa shape index (κ2) is 4.72. The molecule has 0 saturated heterocycles. The predicted octanol–water partition coefficient (Wildman–Crippen LogP) is 4.17. The number of hydrogen-bond donors (Lipinski definition) is 1. The van der Waals surface area contributed by atoms with Crippen molar-refractivity contribution in [2.45, 2.75) is 13.0 Å². The molecule has 0 aliphatic heterocycles. The molecule has 1 atom stereocenters. The van der Waals surface area contributed by atoms with Gasteiger partial charge in [0.05, 0.1) is 21.0 Å². The normalized spacial score (nSPS) is 12.8. The molecule has 2 aromatic rings. The van der Waals surface area contributed by atoms with Crippen LogP contribution in [0.15, 0.2) is 24.4 Å². The highest BCUT2D eigenvalue weighted by atomic mass is 35.5. The Balaban J connectivity index is 2.39. The maximum atomic E-state index is 9.41. The van der Waals surface area contributed by atoms with Crippen LogP contribution in [0.2, 0.25) is 10.0 Å². The SMILES string of the molecule is CC(O)c1cnc(-c2ccc(Cl)c(Cl)c2)s1. The summed E-state index contributed by atoms with van der Waals surface area (Å²) in [5.74, 6) is 0. The van der Waals surface area contributed by atoms with E-state index in [1.807, 2.05) is 6.07 Å². The number of nitrogens with zero attached hydrogens (tertiary/aromatic N) is 1. The fourth-order valence-electron chi connectivity index (χ4n) is 1.24. The van der Waals surface area contributed by atoms with E-state index in [1.54, 1.807) is 25.3 Å². The van der Waals surface area contributed by atoms with Crippen molar-refractivity contribution in [2.24, 2.45) is 0 Å².